The van der Waals surface area contributed by atoms with Crippen LogP contribution >= 0.6 is 0 Å². The molecule has 110 valence electrons. The maximum absolute atomic E-state index is 5.73. The van der Waals surface area contributed by atoms with E-state index in [9.17, 15) is 0 Å². The summed E-state index contributed by atoms with van der Waals surface area (Å²) in [6.07, 6.45) is 6.46. The lowest BCUT2D eigenvalue weighted by atomic mass is 10.0. The first-order valence-electron chi connectivity index (χ1n) is 8.08. The molecule has 2 atom stereocenters. The zero-order chi connectivity index (χ0) is 13.8. The van der Waals surface area contributed by atoms with Crippen molar-refractivity contribution in [2.45, 2.75) is 51.2 Å². The van der Waals surface area contributed by atoms with E-state index in [0.717, 1.165) is 25.9 Å². The third-order valence-electron chi connectivity index (χ3n) is 4.53. The fraction of sp³-hybridized carbons (Fsp3) is 0.647. The first-order chi connectivity index (χ1) is 9.85. The molecular weight excluding hydrogens is 248 g/mol. The number of nitrogens with one attached hydrogen (secondary N) is 1. The predicted octanol–water partition coefficient (Wildman–Crippen LogP) is 3.66. The first kappa shape index (κ1) is 13.7. The summed E-state index contributed by atoms with van der Waals surface area (Å²) < 4.78 is 5.73. The number of rotatable bonds is 4. The van der Waals surface area contributed by atoms with Crippen molar-refractivity contribution in [3.8, 4) is 0 Å². The Labute approximate surface area is 122 Å². The van der Waals surface area contributed by atoms with Gasteiger partial charge in [-0.05, 0) is 56.4 Å². The van der Waals surface area contributed by atoms with Crippen molar-refractivity contribution < 1.29 is 4.74 Å². The van der Waals surface area contributed by atoms with E-state index in [2.05, 4.69) is 41.4 Å². The van der Waals surface area contributed by atoms with Gasteiger partial charge < -0.3 is 15.0 Å². The molecule has 3 nitrogen and oxygen atoms in total. The summed E-state index contributed by atoms with van der Waals surface area (Å²) in [6.45, 7) is 5.52. The van der Waals surface area contributed by atoms with E-state index in [1.165, 1.54) is 37.3 Å². The topological polar surface area (TPSA) is 24.5 Å². The average molecular weight is 274 g/mol. The van der Waals surface area contributed by atoms with Crippen LogP contribution in [-0.4, -0.2) is 31.8 Å². The van der Waals surface area contributed by atoms with Crippen LogP contribution in [0.2, 0.25) is 0 Å². The lowest BCUT2D eigenvalue weighted by molar-refractivity contribution is 0.00926. The molecule has 20 heavy (non-hydrogen) atoms. The summed E-state index contributed by atoms with van der Waals surface area (Å²) >= 11 is 0. The summed E-state index contributed by atoms with van der Waals surface area (Å²) in [5, 5.41) is 3.66. The van der Waals surface area contributed by atoms with Gasteiger partial charge >= 0.3 is 0 Å². The van der Waals surface area contributed by atoms with Gasteiger partial charge in [0.15, 0.2) is 0 Å². The SMILES string of the molecule is CCC1CC(Nc2ccc(N3CCCC3)cc2)CCO1. The fourth-order valence-corrected chi connectivity index (χ4v) is 3.28. The van der Waals surface area contributed by atoms with Crippen LogP contribution in [0.4, 0.5) is 11.4 Å². The van der Waals surface area contributed by atoms with Gasteiger partial charge in [0.05, 0.1) is 6.10 Å². The van der Waals surface area contributed by atoms with Crippen LogP contribution < -0.4 is 10.2 Å². The molecule has 0 saturated carbocycles. The third-order valence-corrected chi connectivity index (χ3v) is 4.53. The van der Waals surface area contributed by atoms with Gasteiger partial charge in [-0.25, -0.2) is 0 Å². The summed E-state index contributed by atoms with van der Waals surface area (Å²) in [5.41, 5.74) is 2.61. The number of ether oxygens (including phenoxy) is 1. The number of hydrogen-bond acceptors (Lipinski definition) is 3. The molecule has 0 bridgehead atoms. The van der Waals surface area contributed by atoms with Gasteiger partial charge in [-0.2, -0.15) is 0 Å². The Bertz CT molecular complexity index is 412. The van der Waals surface area contributed by atoms with Gasteiger partial charge in [-0.3, -0.25) is 0 Å². The molecule has 2 aliphatic rings. The Kier molecular flexibility index (Phi) is 4.46. The quantitative estimate of drug-likeness (QED) is 0.907. The standard InChI is InChI=1S/C17H26N2O/c1-2-17-13-15(9-12-20-17)18-14-5-7-16(8-6-14)19-10-3-4-11-19/h5-8,15,17-18H,2-4,9-13H2,1H3. The Hall–Kier alpha value is -1.22. The van der Waals surface area contributed by atoms with Crippen LogP contribution in [0.5, 0.6) is 0 Å². The van der Waals surface area contributed by atoms with E-state index in [0.29, 0.717) is 12.1 Å². The molecule has 2 fully saturated rings. The highest BCUT2D eigenvalue weighted by Gasteiger charge is 2.21. The first-order valence-corrected chi connectivity index (χ1v) is 8.08. The van der Waals surface area contributed by atoms with Crippen LogP contribution in [0, 0.1) is 0 Å². The van der Waals surface area contributed by atoms with E-state index in [1.54, 1.807) is 0 Å². The number of anilines is 2. The highest BCUT2D eigenvalue weighted by molar-refractivity contribution is 5.55. The van der Waals surface area contributed by atoms with Gasteiger partial charge in [0.2, 0.25) is 0 Å². The Morgan fingerprint density at radius 2 is 1.95 bits per heavy atom. The van der Waals surface area contributed by atoms with Crippen molar-refractivity contribution in [3.63, 3.8) is 0 Å². The van der Waals surface area contributed by atoms with E-state index in [-0.39, 0.29) is 0 Å². The summed E-state index contributed by atoms with van der Waals surface area (Å²) in [6, 6.07) is 9.52. The number of hydrogen-bond donors (Lipinski definition) is 1. The molecular formula is C17H26N2O. The molecule has 0 aliphatic carbocycles. The summed E-state index contributed by atoms with van der Waals surface area (Å²) in [7, 11) is 0. The molecule has 2 heterocycles. The molecule has 2 saturated heterocycles. The molecule has 1 aromatic carbocycles. The maximum atomic E-state index is 5.73. The van der Waals surface area contributed by atoms with Gasteiger partial charge in [-0.1, -0.05) is 6.92 Å². The normalized spacial score (nSPS) is 26.8. The Balaban J connectivity index is 1.57. The zero-order valence-corrected chi connectivity index (χ0v) is 12.5. The third kappa shape index (κ3) is 3.26. The molecule has 1 aromatic rings. The summed E-state index contributed by atoms with van der Waals surface area (Å²) in [5.74, 6) is 0. The van der Waals surface area contributed by atoms with Crippen LogP contribution in [0.25, 0.3) is 0 Å². The minimum atomic E-state index is 0.435. The zero-order valence-electron chi connectivity index (χ0n) is 12.5. The van der Waals surface area contributed by atoms with Crippen molar-refractivity contribution in [2.75, 3.05) is 29.9 Å². The van der Waals surface area contributed by atoms with E-state index in [1.807, 2.05) is 0 Å². The molecule has 2 unspecified atom stereocenters. The van der Waals surface area contributed by atoms with Gasteiger partial charge in [-0.15, -0.1) is 0 Å². The number of benzene rings is 1. The fourth-order valence-electron chi connectivity index (χ4n) is 3.28. The van der Waals surface area contributed by atoms with Crippen LogP contribution in [0.15, 0.2) is 24.3 Å². The highest BCUT2D eigenvalue weighted by Crippen LogP contribution is 2.24. The molecule has 0 aromatic heterocycles. The minimum Gasteiger partial charge on any atom is -0.382 e. The van der Waals surface area contributed by atoms with Gasteiger partial charge in [0.25, 0.3) is 0 Å². The number of nitrogens with zero attached hydrogens (tertiary/aromatic N) is 1. The molecule has 1 N–H and O–H groups in total. The smallest absolute Gasteiger partial charge is 0.0592 e. The molecule has 3 rings (SSSR count). The van der Waals surface area contributed by atoms with Crippen molar-refractivity contribution in [2.24, 2.45) is 0 Å². The van der Waals surface area contributed by atoms with Crippen molar-refractivity contribution in [1.82, 2.24) is 0 Å². The Morgan fingerprint density at radius 3 is 2.65 bits per heavy atom. The summed E-state index contributed by atoms with van der Waals surface area (Å²) in [4.78, 5) is 2.48. The van der Waals surface area contributed by atoms with Crippen molar-refractivity contribution in [3.05, 3.63) is 24.3 Å². The molecule has 0 spiro atoms. The second-order valence-electron chi connectivity index (χ2n) is 6.01. The molecule has 0 radical (unpaired) electrons. The maximum Gasteiger partial charge on any atom is 0.0592 e. The molecule has 0 amide bonds. The Morgan fingerprint density at radius 1 is 1.20 bits per heavy atom. The monoisotopic (exact) mass is 274 g/mol. The van der Waals surface area contributed by atoms with Crippen LogP contribution in [0.1, 0.15) is 39.0 Å². The average Bonchev–Trinajstić information content (AvgIpc) is 3.02. The van der Waals surface area contributed by atoms with Crippen molar-refractivity contribution in [1.29, 1.82) is 0 Å². The van der Waals surface area contributed by atoms with Gasteiger partial charge in [0.1, 0.15) is 0 Å². The van der Waals surface area contributed by atoms with E-state index < -0.39 is 0 Å². The molecule has 3 heteroatoms. The lowest BCUT2D eigenvalue weighted by Gasteiger charge is -2.30. The van der Waals surface area contributed by atoms with Gasteiger partial charge in [0, 0.05) is 37.1 Å². The largest absolute Gasteiger partial charge is 0.382 e. The lowest BCUT2D eigenvalue weighted by Crippen LogP contribution is -2.33. The second-order valence-corrected chi connectivity index (χ2v) is 6.01. The van der Waals surface area contributed by atoms with Crippen LogP contribution in [-0.2, 0) is 4.74 Å². The minimum absolute atomic E-state index is 0.435. The molecule has 2 aliphatic heterocycles. The highest BCUT2D eigenvalue weighted by atomic mass is 16.5. The van der Waals surface area contributed by atoms with E-state index in [4.69, 9.17) is 4.74 Å². The van der Waals surface area contributed by atoms with E-state index >= 15 is 0 Å². The van der Waals surface area contributed by atoms with Crippen LogP contribution in [0.3, 0.4) is 0 Å². The second kappa shape index (κ2) is 6.49. The predicted molar refractivity (Wildman–Crippen MR) is 84.6 cm³/mol. The van der Waals surface area contributed by atoms with Crippen molar-refractivity contribution >= 4 is 11.4 Å².